The lowest BCUT2D eigenvalue weighted by Crippen LogP contribution is -2.26. The molecule has 0 aromatic heterocycles. The Labute approximate surface area is 99.9 Å². The predicted molar refractivity (Wildman–Crippen MR) is 68.3 cm³/mol. The van der Waals surface area contributed by atoms with E-state index in [2.05, 4.69) is 13.0 Å². The zero-order valence-corrected chi connectivity index (χ0v) is 10.6. The fourth-order valence-electron chi connectivity index (χ4n) is 3.21. The lowest BCUT2D eigenvalue weighted by atomic mass is 9.78. The summed E-state index contributed by atoms with van der Waals surface area (Å²) in [5.41, 5.74) is 1.36. The zero-order chi connectivity index (χ0) is 11.4. The smallest absolute Gasteiger partial charge is 0.0778 e. The zero-order valence-electron chi connectivity index (χ0n) is 10.6. The van der Waals surface area contributed by atoms with Gasteiger partial charge in [-0.1, -0.05) is 32.3 Å². The fourth-order valence-corrected chi connectivity index (χ4v) is 3.21. The first-order valence-electron chi connectivity index (χ1n) is 7.14. The maximum atomic E-state index is 10.4. The molecule has 0 aromatic rings. The summed E-state index contributed by atoms with van der Waals surface area (Å²) >= 11 is 0. The van der Waals surface area contributed by atoms with E-state index in [1.165, 1.54) is 56.9 Å². The third-order valence-corrected chi connectivity index (χ3v) is 4.46. The molecule has 1 nitrogen and oxygen atoms in total. The summed E-state index contributed by atoms with van der Waals surface area (Å²) in [5, 5.41) is 10.4. The average Bonchev–Trinajstić information content (AvgIpc) is 2.57. The van der Waals surface area contributed by atoms with Crippen LogP contribution in [0.1, 0.15) is 64.7 Å². The van der Waals surface area contributed by atoms with Gasteiger partial charge in [0.1, 0.15) is 0 Å². The molecule has 0 aromatic carbocycles. The molecule has 16 heavy (non-hydrogen) atoms. The fraction of sp³-hybridized carbons (Fsp3) is 0.867. The van der Waals surface area contributed by atoms with Crippen molar-refractivity contribution in [1.29, 1.82) is 0 Å². The van der Waals surface area contributed by atoms with Crippen molar-refractivity contribution < 1.29 is 5.11 Å². The van der Waals surface area contributed by atoms with E-state index in [1.54, 1.807) is 0 Å². The molecule has 0 aliphatic heterocycles. The molecule has 2 aliphatic carbocycles. The molecule has 2 aliphatic rings. The van der Waals surface area contributed by atoms with Crippen LogP contribution in [0.3, 0.4) is 0 Å². The van der Waals surface area contributed by atoms with E-state index in [9.17, 15) is 5.11 Å². The minimum Gasteiger partial charge on any atom is -0.388 e. The number of aliphatic hydroxyl groups excluding tert-OH is 1. The van der Waals surface area contributed by atoms with Crippen LogP contribution >= 0.6 is 0 Å². The first kappa shape index (κ1) is 12.2. The van der Waals surface area contributed by atoms with Crippen molar-refractivity contribution >= 4 is 0 Å². The summed E-state index contributed by atoms with van der Waals surface area (Å²) in [6.07, 6.45) is 13.6. The molecule has 0 amide bonds. The molecule has 92 valence electrons. The van der Waals surface area contributed by atoms with Crippen molar-refractivity contribution in [2.24, 2.45) is 11.8 Å². The molecule has 2 rings (SSSR count). The van der Waals surface area contributed by atoms with E-state index >= 15 is 0 Å². The second-order valence-electron chi connectivity index (χ2n) is 5.84. The summed E-state index contributed by atoms with van der Waals surface area (Å²) in [7, 11) is 0. The molecule has 1 saturated carbocycles. The van der Waals surface area contributed by atoms with Crippen LogP contribution in [0.25, 0.3) is 0 Å². The van der Waals surface area contributed by atoms with Crippen molar-refractivity contribution in [3.05, 3.63) is 11.6 Å². The quantitative estimate of drug-likeness (QED) is 0.698. The molecule has 0 saturated heterocycles. The van der Waals surface area contributed by atoms with Gasteiger partial charge in [-0.25, -0.2) is 0 Å². The van der Waals surface area contributed by atoms with Gasteiger partial charge in [0.2, 0.25) is 0 Å². The number of rotatable bonds is 2. The number of aliphatic hydroxyl groups is 1. The normalized spacial score (nSPS) is 34.0. The first-order valence-corrected chi connectivity index (χ1v) is 7.14. The Morgan fingerprint density at radius 2 is 1.88 bits per heavy atom. The number of hydrogen-bond acceptors (Lipinski definition) is 1. The van der Waals surface area contributed by atoms with E-state index in [0.29, 0.717) is 5.92 Å². The maximum absolute atomic E-state index is 10.4. The first-order chi connectivity index (χ1) is 7.77. The third kappa shape index (κ3) is 3.10. The van der Waals surface area contributed by atoms with Crippen LogP contribution in [0.4, 0.5) is 0 Å². The van der Waals surface area contributed by atoms with Crippen LogP contribution in [-0.4, -0.2) is 11.2 Å². The standard InChI is InChI=1S/C15H26O/c1-12-8-10-14(11-9-12)15(16)13-6-4-2-3-5-7-13/h6,12,14-16H,2-5,7-11H2,1H3. The molecule has 0 spiro atoms. The van der Waals surface area contributed by atoms with E-state index < -0.39 is 0 Å². The van der Waals surface area contributed by atoms with Crippen LogP contribution in [0.5, 0.6) is 0 Å². The highest BCUT2D eigenvalue weighted by molar-refractivity contribution is 5.11. The van der Waals surface area contributed by atoms with Crippen LogP contribution < -0.4 is 0 Å². The van der Waals surface area contributed by atoms with E-state index in [0.717, 1.165) is 12.3 Å². The highest BCUT2D eigenvalue weighted by atomic mass is 16.3. The van der Waals surface area contributed by atoms with E-state index in [-0.39, 0.29) is 6.10 Å². The van der Waals surface area contributed by atoms with Crippen LogP contribution in [0.2, 0.25) is 0 Å². The van der Waals surface area contributed by atoms with Gasteiger partial charge < -0.3 is 5.11 Å². The average molecular weight is 222 g/mol. The van der Waals surface area contributed by atoms with Crippen molar-refractivity contribution in [2.75, 3.05) is 0 Å². The van der Waals surface area contributed by atoms with Crippen LogP contribution in [-0.2, 0) is 0 Å². The second-order valence-corrected chi connectivity index (χ2v) is 5.84. The molecule has 1 fully saturated rings. The SMILES string of the molecule is CC1CCC(C(O)C2=CCCCCC2)CC1. The number of hydrogen-bond donors (Lipinski definition) is 1. The topological polar surface area (TPSA) is 20.2 Å². The minimum absolute atomic E-state index is 0.120. The third-order valence-electron chi connectivity index (χ3n) is 4.46. The van der Waals surface area contributed by atoms with Gasteiger partial charge in [0.25, 0.3) is 0 Å². The molecular formula is C15H26O. The van der Waals surface area contributed by atoms with Crippen LogP contribution in [0.15, 0.2) is 11.6 Å². The Kier molecular flexibility index (Phi) is 4.45. The van der Waals surface area contributed by atoms with Crippen molar-refractivity contribution in [2.45, 2.75) is 70.8 Å². The summed E-state index contributed by atoms with van der Waals surface area (Å²) in [6.45, 7) is 2.34. The van der Waals surface area contributed by atoms with Crippen molar-refractivity contribution in [3.63, 3.8) is 0 Å². The summed E-state index contributed by atoms with van der Waals surface area (Å²) in [4.78, 5) is 0. The van der Waals surface area contributed by atoms with Gasteiger partial charge in [-0.2, -0.15) is 0 Å². The van der Waals surface area contributed by atoms with E-state index in [4.69, 9.17) is 0 Å². The second kappa shape index (κ2) is 5.86. The van der Waals surface area contributed by atoms with Crippen molar-refractivity contribution in [1.82, 2.24) is 0 Å². The van der Waals surface area contributed by atoms with Gasteiger partial charge >= 0.3 is 0 Å². The molecule has 0 radical (unpaired) electrons. The molecule has 1 heteroatoms. The lowest BCUT2D eigenvalue weighted by molar-refractivity contribution is 0.101. The Hall–Kier alpha value is -0.300. The molecule has 1 atom stereocenters. The van der Waals surface area contributed by atoms with Crippen molar-refractivity contribution in [3.8, 4) is 0 Å². The summed E-state index contributed by atoms with van der Waals surface area (Å²) < 4.78 is 0. The highest BCUT2D eigenvalue weighted by Crippen LogP contribution is 2.34. The van der Waals surface area contributed by atoms with Gasteiger partial charge in [0.05, 0.1) is 6.10 Å². The predicted octanol–water partition coefficient (Wildman–Crippen LogP) is 4.06. The van der Waals surface area contributed by atoms with Gasteiger partial charge in [-0.05, 0) is 55.9 Å². The Balaban J connectivity index is 1.90. The largest absolute Gasteiger partial charge is 0.388 e. The molecular weight excluding hydrogens is 196 g/mol. The lowest BCUT2D eigenvalue weighted by Gasteiger charge is -2.31. The monoisotopic (exact) mass is 222 g/mol. The molecule has 1 unspecified atom stereocenters. The minimum atomic E-state index is -0.120. The van der Waals surface area contributed by atoms with E-state index in [1.807, 2.05) is 0 Å². The molecule has 1 N–H and O–H groups in total. The maximum Gasteiger partial charge on any atom is 0.0778 e. The van der Waals surface area contributed by atoms with Gasteiger partial charge in [0, 0.05) is 0 Å². The highest BCUT2D eigenvalue weighted by Gasteiger charge is 2.26. The summed E-state index contributed by atoms with van der Waals surface area (Å²) in [6, 6.07) is 0. The van der Waals surface area contributed by atoms with Gasteiger partial charge in [-0.3, -0.25) is 0 Å². The van der Waals surface area contributed by atoms with Gasteiger partial charge in [-0.15, -0.1) is 0 Å². The molecule has 0 heterocycles. The van der Waals surface area contributed by atoms with Crippen LogP contribution in [0, 0.1) is 11.8 Å². The summed E-state index contributed by atoms with van der Waals surface area (Å²) in [5.74, 6) is 1.44. The Morgan fingerprint density at radius 1 is 1.12 bits per heavy atom. The number of allylic oxidation sites excluding steroid dienone is 1. The molecule has 0 bridgehead atoms. The Morgan fingerprint density at radius 3 is 2.62 bits per heavy atom. The Bertz CT molecular complexity index is 236. The van der Waals surface area contributed by atoms with Gasteiger partial charge in [0.15, 0.2) is 0 Å².